The van der Waals surface area contributed by atoms with Gasteiger partial charge in [0, 0.05) is 6.04 Å². The first-order chi connectivity index (χ1) is 12.4. The van der Waals surface area contributed by atoms with Crippen LogP contribution in [0.5, 0.6) is 17.4 Å². The Morgan fingerprint density at radius 3 is 2.62 bits per heavy atom. The van der Waals surface area contributed by atoms with Gasteiger partial charge in [0.15, 0.2) is 17.6 Å². The first-order valence-electron chi connectivity index (χ1n) is 8.17. The van der Waals surface area contributed by atoms with Gasteiger partial charge in [-0.25, -0.2) is 0 Å². The number of fused-ring (bicyclic) bond motifs is 1. The van der Waals surface area contributed by atoms with Gasteiger partial charge in [0.05, 0.1) is 5.56 Å². The number of benzene rings is 1. The number of carbonyl (C=O) groups excluding carboxylic acids is 1. The molecule has 1 aliphatic heterocycles. The van der Waals surface area contributed by atoms with E-state index in [1.165, 1.54) is 6.92 Å². The highest BCUT2D eigenvalue weighted by Crippen LogP contribution is 2.33. The molecule has 0 amide bonds. The molecule has 0 bridgehead atoms. The van der Waals surface area contributed by atoms with Crippen LogP contribution in [0.15, 0.2) is 29.1 Å². The second-order valence-electron chi connectivity index (χ2n) is 6.31. The van der Waals surface area contributed by atoms with Gasteiger partial charge in [0.25, 0.3) is 5.56 Å². The fraction of sp³-hybridized carbons (Fsp3) is 0.316. The number of hydrogen-bond donors (Lipinski definition) is 1. The van der Waals surface area contributed by atoms with Crippen LogP contribution in [0.4, 0.5) is 0 Å². The molecule has 1 aromatic carbocycles. The van der Waals surface area contributed by atoms with Gasteiger partial charge in [-0.15, -0.1) is 0 Å². The number of aromatic hydroxyl groups is 1. The zero-order valence-electron chi connectivity index (χ0n) is 14.6. The highest BCUT2D eigenvalue weighted by molar-refractivity contribution is 6.03. The summed E-state index contributed by atoms with van der Waals surface area (Å²) in [5.74, 6) is -0.0522. The van der Waals surface area contributed by atoms with Gasteiger partial charge < -0.3 is 14.6 Å². The number of para-hydroxylation sites is 2. The van der Waals surface area contributed by atoms with Crippen molar-refractivity contribution in [3.63, 3.8) is 0 Å². The van der Waals surface area contributed by atoms with E-state index in [2.05, 4.69) is 0 Å². The van der Waals surface area contributed by atoms with Crippen LogP contribution in [0.1, 0.15) is 41.4 Å². The molecule has 1 N–H and O–H groups in total. The minimum Gasteiger partial charge on any atom is -0.494 e. The van der Waals surface area contributed by atoms with Crippen molar-refractivity contribution >= 4 is 5.78 Å². The zero-order chi connectivity index (χ0) is 19.0. The van der Waals surface area contributed by atoms with Crippen LogP contribution >= 0.6 is 0 Å². The molecule has 0 radical (unpaired) electrons. The van der Waals surface area contributed by atoms with Crippen LogP contribution in [0, 0.1) is 18.3 Å². The molecule has 26 heavy (non-hydrogen) atoms. The van der Waals surface area contributed by atoms with Crippen LogP contribution in [0.2, 0.25) is 0 Å². The number of aromatic nitrogens is 1. The van der Waals surface area contributed by atoms with E-state index < -0.39 is 29.4 Å². The maximum Gasteiger partial charge on any atom is 0.271 e. The highest BCUT2D eigenvalue weighted by Gasteiger charge is 2.33. The predicted octanol–water partition coefficient (Wildman–Crippen LogP) is 2.34. The van der Waals surface area contributed by atoms with Gasteiger partial charge >= 0.3 is 0 Å². The first-order valence-corrected chi connectivity index (χ1v) is 8.17. The molecule has 1 aromatic heterocycles. The quantitative estimate of drug-likeness (QED) is 0.849. The molecular weight excluding hydrogens is 336 g/mol. The molecule has 0 fully saturated rings. The summed E-state index contributed by atoms with van der Waals surface area (Å²) in [6, 6.07) is 8.36. The van der Waals surface area contributed by atoms with E-state index in [1.54, 1.807) is 38.1 Å². The van der Waals surface area contributed by atoms with Crippen molar-refractivity contribution in [3.8, 4) is 23.4 Å². The van der Waals surface area contributed by atoms with Crippen molar-refractivity contribution < 1.29 is 19.4 Å². The summed E-state index contributed by atoms with van der Waals surface area (Å²) in [6.45, 7) is 4.80. The zero-order valence-corrected chi connectivity index (χ0v) is 14.6. The lowest BCUT2D eigenvalue weighted by Crippen LogP contribution is -2.38. The average molecular weight is 354 g/mol. The SMILES string of the molecule is Cc1c(C(=O)C2COc3ccccc3O2)c(O)n(C(C)C)c(=O)c1C#N. The molecule has 0 saturated heterocycles. The van der Waals surface area contributed by atoms with Crippen molar-refractivity contribution in [1.82, 2.24) is 4.57 Å². The fourth-order valence-corrected chi connectivity index (χ4v) is 3.01. The van der Waals surface area contributed by atoms with Crippen LogP contribution in [0.3, 0.4) is 0 Å². The topological polar surface area (TPSA) is 102 Å². The molecule has 0 spiro atoms. The Morgan fingerprint density at radius 2 is 2.00 bits per heavy atom. The molecule has 3 rings (SSSR count). The van der Waals surface area contributed by atoms with Crippen LogP contribution in [-0.2, 0) is 0 Å². The Balaban J connectivity index is 2.10. The van der Waals surface area contributed by atoms with E-state index >= 15 is 0 Å². The summed E-state index contributed by atoms with van der Waals surface area (Å²) in [5, 5.41) is 19.9. The molecule has 1 atom stereocenters. The molecule has 7 heteroatoms. The molecule has 2 aromatic rings. The Labute approximate surface area is 150 Å². The molecule has 7 nitrogen and oxygen atoms in total. The van der Waals surface area contributed by atoms with Gasteiger partial charge in [0.1, 0.15) is 18.2 Å². The summed E-state index contributed by atoms with van der Waals surface area (Å²) in [7, 11) is 0. The third-order valence-electron chi connectivity index (χ3n) is 4.31. The summed E-state index contributed by atoms with van der Waals surface area (Å²) in [5.41, 5.74) is -0.751. The maximum absolute atomic E-state index is 13.0. The van der Waals surface area contributed by atoms with Crippen molar-refractivity contribution in [2.45, 2.75) is 32.9 Å². The first kappa shape index (κ1) is 17.5. The lowest BCUT2D eigenvalue weighted by Gasteiger charge is -2.26. The van der Waals surface area contributed by atoms with Gasteiger partial charge in [-0.05, 0) is 38.5 Å². The lowest BCUT2D eigenvalue weighted by molar-refractivity contribution is 0.0581. The Morgan fingerprint density at radius 1 is 1.35 bits per heavy atom. The largest absolute Gasteiger partial charge is 0.494 e. The fourth-order valence-electron chi connectivity index (χ4n) is 3.01. The highest BCUT2D eigenvalue weighted by atomic mass is 16.6. The predicted molar refractivity (Wildman–Crippen MR) is 92.9 cm³/mol. The molecule has 1 aliphatic rings. The number of carbonyl (C=O) groups is 1. The second kappa shape index (κ2) is 6.56. The van der Waals surface area contributed by atoms with Gasteiger partial charge in [-0.2, -0.15) is 5.26 Å². The summed E-state index contributed by atoms with van der Waals surface area (Å²) in [6.07, 6.45) is -0.987. The van der Waals surface area contributed by atoms with E-state index in [-0.39, 0.29) is 23.3 Å². The number of Topliss-reactive ketones (excluding diaryl/α,β-unsaturated/α-hetero) is 1. The monoisotopic (exact) mass is 354 g/mol. The van der Waals surface area contributed by atoms with E-state index in [0.29, 0.717) is 11.5 Å². The third-order valence-corrected chi connectivity index (χ3v) is 4.31. The normalized spacial score (nSPS) is 15.6. The number of nitriles is 1. The number of pyridine rings is 1. The van der Waals surface area contributed by atoms with Crippen molar-refractivity contribution in [3.05, 3.63) is 51.3 Å². The summed E-state index contributed by atoms with van der Waals surface area (Å²) < 4.78 is 12.3. The third kappa shape index (κ3) is 2.69. The van der Waals surface area contributed by atoms with E-state index in [1.807, 2.05) is 6.07 Å². The smallest absolute Gasteiger partial charge is 0.271 e. The standard InChI is InChI=1S/C19H18N2O5/c1-10(2)21-18(23)12(8-20)11(3)16(19(21)24)17(22)15-9-25-13-6-4-5-7-14(13)26-15/h4-7,10,15,24H,9H2,1-3H3. The van der Waals surface area contributed by atoms with Crippen molar-refractivity contribution in [2.24, 2.45) is 0 Å². The number of rotatable bonds is 3. The van der Waals surface area contributed by atoms with Crippen LogP contribution in [-0.4, -0.2) is 28.2 Å². The number of ketones is 1. The number of hydrogen-bond acceptors (Lipinski definition) is 6. The van der Waals surface area contributed by atoms with Crippen LogP contribution in [0.25, 0.3) is 0 Å². The molecule has 2 heterocycles. The van der Waals surface area contributed by atoms with Gasteiger partial charge in [-0.3, -0.25) is 14.2 Å². The lowest BCUT2D eigenvalue weighted by atomic mass is 9.98. The van der Waals surface area contributed by atoms with E-state index in [9.17, 15) is 20.0 Å². The molecule has 1 unspecified atom stereocenters. The summed E-state index contributed by atoms with van der Waals surface area (Å²) in [4.78, 5) is 25.4. The van der Waals surface area contributed by atoms with Crippen molar-refractivity contribution in [1.29, 1.82) is 5.26 Å². The Bertz CT molecular complexity index is 985. The Hall–Kier alpha value is -3.27. The molecular formula is C19H18N2O5. The summed E-state index contributed by atoms with van der Waals surface area (Å²) >= 11 is 0. The molecule has 0 aliphatic carbocycles. The molecule has 0 saturated carbocycles. The second-order valence-corrected chi connectivity index (χ2v) is 6.31. The number of nitrogens with zero attached hydrogens (tertiary/aromatic N) is 2. The van der Waals surface area contributed by atoms with Gasteiger partial charge in [-0.1, -0.05) is 12.1 Å². The van der Waals surface area contributed by atoms with Crippen LogP contribution < -0.4 is 15.0 Å². The number of ether oxygens (including phenoxy) is 2. The van der Waals surface area contributed by atoms with E-state index in [0.717, 1.165) is 4.57 Å². The molecule has 134 valence electrons. The maximum atomic E-state index is 13.0. The van der Waals surface area contributed by atoms with Gasteiger partial charge in [0.2, 0.25) is 11.7 Å². The Kier molecular flexibility index (Phi) is 4.43. The minimum absolute atomic E-state index is 0.0303. The minimum atomic E-state index is -0.987. The van der Waals surface area contributed by atoms with Crippen molar-refractivity contribution in [2.75, 3.05) is 6.61 Å². The average Bonchev–Trinajstić information content (AvgIpc) is 2.61. The van der Waals surface area contributed by atoms with E-state index in [4.69, 9.17) is 9.47 Å².